The van der Waals surface area contributed by atoms with Crippen molar-refractivity contribution < 1.29 is 9.90 Å². The molecule has 0 aromatic rings. The fourth-order valence-electron chi connectivity index (χ4n) is 0.764. The van der Waals surface area contributed by atoms with Gasteiger partial charge in [-0.3, -0.25) is 4.79 Å². The Balaban J connectivity index is 4.66. The average Bonchev–Trinajstić information content (AvgIpc) is 1.87. The molecule has 64 valence electrons. The SMILES string of the molecule is C/C=C\C(C)(C(=O)O)[C@H](C)N. The van der Waals surface area contributed by atoms with Crippen molar-refractivity contribution in [2.75, 3.05) is 0 Å². The molecule has 0 bridgehead atoms. The van der Waals surface area contributed by atoms with E-state index in [1.807, 2.05) is 0 Å². The summed E-state index contributed by atoms with van der Waals surface area (Å²) in [6.45, 7) is 5.08. The van der Waals surface area contributed by atoms with Crippen LogP contribution in [0, 0.1) is 5.41 Å². The van der Waals surface area contributed by atoms with Crippen LogP contribution in [0.1, 0.15) is 20.8 Å². The fraction of sp³-hybridized carbons (Fsp3) is 0.625. The summed E-state index contributed by atoms with van der Waals surface area (Å²) in [4.78, 5) is 10.7. The summed E-state index contributed by atoms with van der Waals surface area (Å²) in [6.07, 6.45) is 3.32. The summed E-state index contributed by atoms with van der Waals surface area (Å²) in [6, 6.07) is -0.379. The normalized spacial score (nSPS) is 19.6. The summed E-state index contributed by atoms with van der Waals surface area (Å²) in [5.74, 6) is -0.884. The third-order valence-corrected chi connectivity index (χ3v) is 1.92. The van der Waals surface area contributed by atoms with Crippen molar-refractivity contribution in [2.45, 2.75) is 26.8 Å². The molecule has 0 saturated heterocycles. The van der Waals surface area contributed by atoms with Gasteiger partial charge in [0.2, 0.25) is 0 Å². The van der Waals surface area contributed by atoms with Crippen molar-refractivity contribution in [1.29, 1.82) is 0 Å². The maximum Gasteiger partial charge on any atom is 0.314 e. The Labute approximate surface area is 66.9 Å². The van der Waals surface area contributed by atoms with Gasteiger partial charge in [-0.15, -0.1) is 0 Å². The maximum absolute atomic E-state index is 10.7. The van der Waals surface area contributed by atoms with E-state index in [1.165, 1.54) is 0 Å². The van der Waals surface area contributed by atoms with E-state index >= 15 is 0 Å². The number of carboxylic acid groups (broad SMARTS) is 1. The van der Waals surface area contributed by atoms with Crippen LogP contribution in [0.15, 0.2) is 12.2 Å². The minimum absolute atomic E-state index is 0.379. The molecule has 11 heavy (non-hydrogen) atoms. The van der Waals surface area contributed by atoms with E-state index in [4.69, 9.17) is 10.8 Å². The highest BCUT2D eigenvalue weighted by atomic mass is 16.4. The molecular weight excluding hydrogens is 142 g/mol. The molecule has 0 aliphatic rings. The molecule has 0 saturated carbocycles. The Bertz CT molecular complexity index is 175. The molecule has 0 amide bonds. The van der Waals surface area contributed by atoms with Crippen LogP contribution in [0.25, 0.3) is 0 Å². The lowest BCUT2D eigenvalue weighted by atomic mass is 9.83. The molecule has 0 heterocycles. The molecule has 0 radical (unpaired) electrons. The Hall–Kier alpha value is -0.830. The van der Waals surface area contributed by atoms with Gasteiger partial charge in [0, 0.05) is 6.04 Å². The number of carboxylic acids is 1. The highest BCUT2D eigenvalue weighted by Gasteiger charge is 2.33. The van der Waals surface area contributed by atoms with Gasteiger partial charge in [0.1, 0.15) is 0 Å². The van der Waals surface area contributed by atoms with Crippen LogP contribution < -0.4 is 5.73 Å². The predicted octanol–water partition coefficient (Wildman–Crippen LogP) is 1.00. The third-order valence-electron chi connectivity index (χ3n) is 1.92. The maximum atomic E-state index is 10.7. The van der Waals surface area contributed by atoms with Crippen LogP contribution in [0.4, 0.5) is 0 Å². The van der Waals surface area contributed by atoms with Gasteiger partial charge in [-0.1, -0.05) is 12.2 Å². The largest absolute Gasteiger partial charge is 0.481 e. The monoisotopic (exact) mass is 157 g/mol. The van der Waals surface area contributed by atoms with Crippen LogP contribution in [0.3, 0.4) is 0 Å². The van der Waals surface area contributed by atoms with Crippen molar-refractivity contribution >= 4 is 5.97 Å². The summed E-state index contributed by atoms with van der Waals surface area (Å²) in [5.41, 5.74) is 4.59. The van der Waals surface area contributed by atoms with Gasteiger partial charge in [0.15, 0.2) is 0 Å². The van der Waals surface area contributed by atoms with Gasteiger partial charge in [0.25, 0.3) is 0 Å². The zero-order chi connectivity index (χ0) is 9.07. The number of allylic oxidation sites excluding steroid dienone is 1. The number of rotatable bonds is 3. The van der Waals surface area contributed by atoms with Crippen molar-refractivity contribution in [3.8, 4) is 0 Å². The zero-order valence-corrected chi connectivity index (χ0v) is 7.16. The predicted molar refractivity (Wildman–Crippen MR) is 44.2 cm³/mol. The molecular formula is C8H15NO2. The molecule has 1 unspecified atom stereocenters. The summed E-state index contributed by atoms with van der Waals surface area (Å²) in [7, 11) is 0. The molecule has 3 nitrogen and oxygen atoms in total. The molecule has 2 atom stereocenters. The summed E-state index contributed by atoms with van der Waals surface area (Å²) < 4.78 is 0. The lowest BCUT2D eigenvalue weighted by Gasteiger charge is -2.24. The minimum atomic E-state index is -0.936. The number of hydrogen-bond acceptors (Lipinski definition) is 2. The smallest absolute Gasteiger partial charge is 0.314 e. The summed E-state index contributed by atoms with van der Waals surface area (Å²) >= 11 is 0. The molecule has 0 fully saturated rings. The van der Waals surface area contributed by atoms with Gasteiger partial charge in [0.05, 0.1) is 5.41 Å². The first-order valence-electron chi connectivity index (χ1n) is 3.58. The van der Waals surface area contributed by atoms with E-state index in [-0.39, 0.29) is 6.04 Å². The molecule has 0 aliphatic carbocycles. The third kappa shape index (κ3) is 2.05. The van der Waals surface area contributed by atoms with Crippen molar-refractivity contribution in [2.24, 2.45) is 11.1 Å². The molecule has 0 aromatic carbocycles. The molecule has 3 N–H and O–H groups in total. The first kappa shape index (κ1) is 10.2. The zero-order valence-electron chi connectivity index (χ0n) is 7.16. The second-order valence-electron chi connectivity index (χ2n) is 2.88. The van der Waals surface area contributed by atoms with Gasteiger partial charge in [-0.2, -0.15) is 0 Å². The first-order valence-corrected chi connectivity index (χ1v) is 3.58. The molecule has 0 aromatic heterocycles. The number of nitrogens with two attached hydrogens (primary N) is 1. The first-order chi connectivity index (χ1) is 4.95. The fourth-order valence-corrected chi connectivity index (χ4v) is 0.764. The van der Waals surface area contributed by atoms with Gasteiger partial charge >= 0.3 is 5.97 Å². The highest BCUT2D eigenvalue weighted by Crippen LogP contribution is 2.21. The lowest BCUT2D eigenvalue weighted by molar-refractivity contribution is -0.145. The van der Waals surface area contributed by atoms with E-state index < -0.39 is 11.4 Å². The van der Waals surface area contributed by atoms with Crippen molar-refractivity contribution in [1.82, 2.24) is 0 Å². The van der Waals surface area contributed by atoms with Crippen LogP contribution in [-0.4, -0.2) is 17.1 Å². The van der Waals surface area contributed by atoms with E-state index in [1.54, 1.807) is 32.9 Å². The van der Waals surface area contributed by atoms with Gasteiger partial charge < -0.3 is 10.8 Å². The van der Waals surface area contributed by atoms with Crippen LogP contribution in [-0.2, 0) is 4.79 Å². The number of aliphatic carboxylic acids is 1. The van der Waals surface area contributed by atoms with Gasteiger partial charge in [-0.05, 0) is 20.8 Å². The lowest BCUT2D eigenvalue weighted by Crippen LogP contribution is -2.41. The van der Waals surface area contributed by atoms with Crippen molar-refractivity contribution in [3.05, 3.63) is 12.2 Å². The quantitative estimate of drug-likeness (QED) is 0.601. The highest BCUT2D eigenvalue weighted by molar-refractivity contribution is 5.77. The van der Waals surface area contributed by atoms with Crippen molar-refractivity contribution in [3.63, 3.8) is 0 Å². The van der Waals surface area contributed by atoms with Crippen LogP contribution in [0.5, 0.6) is 0 Å². The van der Waals surface area contributed by atoms with E-state index in [0.717, 1.165) is 0 Å². The van der Waals surface area contributed by atoms with E-state index in [0.29, 0.717) is 0 Å². The Morgan fingerprint density at radius 1 is 1.73 bits per heavy atom. The van der Waals surface area contributed by atoms with E-state index in [9.17, 15) is 4.79 Å². The Kier molecular flexibility index (Phi) is 3.26. The van der Waals surface area contributed by atoms with Crippen LogP contribution in [0.2, 0.25) is 0 Å². The minimum Gasteiger partial charge on any atom is -0.481 e. The molecule has 3 heteroatoms. The number of carbonyl (C=O) groups is 1. The topological polar surface area (TPSA) is 63.3 Å². The Morgan fingerprint density at radius 3 is 2.27 bits per heavy atom. The Morgan fingerprint density at radius 2 is 2.18 bits per heavy atom. The van der Waals surface area contributed by atoms with Crippen LogP contribution >= 0.6 is 0 Å². The second-order valence-corrected chi connectivity index (χ2v) is 2.88. The number of hydrogen-bond donors (Lipinski definition) is 2. The van der Waals surface area contributed by atoms with E-state index in [2.05, 4.69) is 0 Å². The molecule has 0 aliphatic heterocycles. The molecule has 0 spiro atoms. The molecule has 0 rings (SSSR count). The standard InChI is InChI=1S/C8H15NO2/c1-4-5-8(3,6(2)9)7(10)11/h4-6H,9H2,1-3H3,(H,10,11)/b5-4-/t6-,8?/m0/s1. The van der Waals surface area contributed by atoms with Gasteiger partial charge in [-0.25, -0.2) is 0 Å². The average molecular weight is 157 g/mol. The summed E-state index contributed by atoms with van der Waals surface area (Å²) in [5, 5.41) is 8.80. The second kappa shape index (κ2) is 3.53.